The third-order valence-electron chi connectivity index (χ3n) is 2.43. The lowest BCUT2D eigenvalue weighted by molar-refractivity contribution is -0.120. The highest BCUT2D eigenvalue weighted by Crippen LogP contribution is 2.15. The Morgan fingerprint density at radius 2 is 2.29 bits per heavy atom. The van der Waals surface area contributed by atoms with Gasteiger partial charge in [-0.1, -0.05) is 17.7 Å². The second kappa shape index (κ2) is 6.69. The molecule has 0 aliphatic heterocycles. The van der Waals surface area contributed by atoms with Crippen LogP contribution in [0.3, 0.4) is 0 Å². The van der Waals surface area contributed by atoms with Crippen LogP contribution < -0.4 is 5.73 Å². The molecule has 0 heterocycles. The maximum absolute atomic E-state index is 13.4. The molecule has 0 fully saturated rings. The monoisotopic (exact) mass is 259 g/mol. The van der Waals surface area contributed by atoms with Crippen LogP contribution in [0.5, 0.6) is 0 Å². The summed E-state index contributed by atoms with van der Waals surface area (Å²) in [7, 11) is 1.54. The van der Waals surface area contributed by atoms with Gasteiger partial charge < -0.3 is 10.5 Å². The van der Waals surface area contributed by atoms with Gasteiger partial charge in [-0.05, 0) is 24.1 Å². The number of rotatable bonds is 6. The van der Waals surface area contributed by atoms with Crippen molar-refractivity contribution >= 4 is 17.4 Å². The van der Waals surface area contributed by atoms with E-state index in [0.29, 0.717) is 23.6 Å². The van der Waals surface area contributed by atoms with Crippen molar-refractivity contribution in [3.8, 4) is 0 Å². The molecule has 0 saturated carbocycles. The zero-order valence-electron chi connectivity index (χ0n) is 9.58. The lowest BCUT2D eigenvalue weighted by atomic mass is 10.0. The van der Waals surface area contributed by atoms with Crippen molar-refractivity contribution in [1.82, 2.24) is 0 Å². The van der Waals surface area contributed by atoms with Gasteiger partial charge in [-0.2, -0.15) is 0 Å². The van der Waals surface area contributed by atoms with E-state index in [1.54, 1.807) is 6.07 Å². The van der Waals surface area contributed by atoms with Gasteiger partial charge in [0.15, 0.2) is 5.78 Å². The normalized spacial score (nSPS) is 12.5. The fraction of sp³-hybridized carbons (Fsp3) is 0.417. The number of Topliss-reactive ketones (excluding diaryl/α,β-unsaturated/α-hetero) is 1. The first-order valence-electron chi connectivity index (χ1n) is 5.25. The van der Waals surface area contributed by atoms with Crippen LogP contribution >= 0.6 is 11.6 Å². The molecule has 17 heavy (non-hydrogen) atoms. The van der Waals surface area contributed by atoms with Gasteiger partial charge in [-0.25, -0.2) is 4.39 Å². The fourth-order valence-corrected chi connectivity index (χ4v) is 1.55. The lowest BCUT2D eigenvalue weighted by Crippen LogP contribution is -2.33. The van der Waals surface area contributed by atoms with Gasteiger partial charge in [-0.15, -0.1) is 0 Å². The third kappa shape index (κ3) is 4.42. The Bertz CT molecular complexity index is 398. The summed E-state index contributed by atoms with van der Waals surface area (Å²) in [6.45, 7) is 0.413. The van der Waals surface area contributed by atoms with E-state index in [-0.39, 0.29) is 12.2 Å². The van der Waals surface area contributed by atoms with Crippen LogP contribution in [0.2, 0.25) is 5.02 Å². The van der Waals surface area contributed by atoms with Crippen LogP contribution in [0.15, 0.2) is 18.2 Å². The van der Waals surface area contributed by atoms with E-state index in [1.807, 2.05) is 0 Å². The van der Waals surface area contributed by atoms with E-state index >= 15 is 0 Å². The number of nitrogens with two attached hydrogens (primary N) is 1. The fourth-order valence-electron chi connectivity index (χ4n) is 1.39. The van der Waals surface area contributed by atoms with Crippen LogP contribution in [-0.4, -0.2) is 25.5 Å². The number of carbonyl (C=O) groups excluding carboxylic acids is 1. The molecule has 1 unspecified atom stereocenters. The summed E-state index contributed by atoms with van der Waals surface area (Å²) in [6.07, 6.45) is 0.415. The van der Waals surface area contributed by atoms with Crippen LogP contribution in [0.25, 0.3) is 0 Å². The SMILES string of the molecule is COCCC(N)C(=O)Cc1ccc(Cl)cc1F. The molecule has 0 spiro atoms. The summed E-state index contributed by atoms with van der Waals surface area (Å²) < 4.78 is 18.3. The quantitative estimate of drug-likeness (QED) is 0.850. The van der Waals surface area contributed by atoms with Crippen molar-refractivity contribution in [3.05, 3.63) is 34.6 Å². The minimum absolute atomic E-state index is 0.0200. The average Bonchev–Trinajstić information content (AvgIpc) is 2.29. The molecular formula is C12H15ClFNO2. The summed E-state index contributed by atoms with van der Waals surface area (Å²) >= 11 is 5.62. The molecule has 0 aromatic heterocycles. The van der Waals surface area contributed by atoms with Gasteiger partial charge in [0, 0.05) is 25.2 Å². The Balaban J connectivity index is 2.61. The van der Waals surface area contributed by atoms with E-state index in [4.69, 9.17) is 22.1 Å². The van der Waals surface area contributed by atoms with Crippen molar-refractivity contribution < 1.29 is 13.9 Å². The largest absolute Gasteiger partial charge is 0.385 e. The smallest absolute Gasteiger partial charge is 0.154 e. The minimum atomic E-state index is -0.620. The van der Waals surface area contributed by atoms with Crippen LogP contribution in [0, 0.1) is 5.82 Å². The van der Waals surface area contributed by atoms with E-state index in [9.17, 15) is 9.18 Å². The van der Waals surface area contributed by atoms with Gasteiger partial charge in [0.05, 0.1) is 6.04 Å². The number of hydrogen-bond acceptors (Lipinski definition) is 3. The Labute approximate surface area is 105 Å². The van der Waals surface area contributed by atoms with E-state index in [0.717, 1.165) is 0 Å². The van der Waals surface area contributed by atoms with Crippen molar-refractivity contribution in [3.63, 3.8) is 0 Å². The van der Waals surface area contributed by atoms with Crippen LogP contribution in [-0.2, 0) is 16.0 Å². The zero-order valence-corrected chi connectivity index (χ0v) is 10.3. The van der Waals surface area contributed by atoms with Crippen LogP contribution in [0.1, 0.15) is 12.0 Å². The predicted octanol–water partition coefficient (Wildman–Crippen LogP) is 1.95. The topological polar surface area (TPSA) is 52.3 Å². The number of ketones is 1. The Morgan fingerprint density at radius 3 is 2.88 bits per heavy atom. The predicted molar refractivity (Wildman–Crippen MR) is 64.6 cm³/mol. The Kier molecular flexibility index (Phi) is 5.55. The summed E-state index contributed by atoms with van der Waals surface area (Å²) in [4.78, 5) is 11.7. The van der Waals surface area contributed by atoms with Crippen molar-refractivity contribution in [2.24, 2.45) is 5.73 Å². The highest BCUT2D eigenvalue weighted by Gasteiger charge is 2.15. The summed E-state index contributed by atoms with van der Waals surface area (Å²) in [6, 6.07) is 3.61. The number of hydrogen-bond donors (Lipinski definition) is 1. The summed E-state index contributed by atoms with van der Waals surface area (Å²) in [5, 5.41) is 0.308. The molecular weight excluding hydrogens is 245 g/mol. The van der Waals surface area contributed by atoms with Gasteiger partial charge in [0.1, 0.15) is 5.82 Å². The molecule has 0 saturated heterocycles. The molecule has 94 valence electrons. The van der Waals surface area contributed by atoms with Gasteiger partial charge in [0.2, 0.25) is 0 Å². The first-order valence-corrected chi connectivity index (χ1v) is 5.63. The first-order chi connectivity index (χ1) is 8.04. The third-order valence-corrected chi connectivity index (χ3v) is 2.66. The highest BCUT2D eigenvalue weighted by atomic mass is 35.5. The van der Waals surface area contributed by atoms with Gasteiger partial charge in [0.25, 0.3) is 0 Å². The van der Waals surface area contributed by atoms with Crippen LogP contribution in [0.4, 0.5) is 4.39 Å². The molecule has 0 bridgehead atoms. The van der Waals surface area contributed by atoms with E-state index in [2.05, 4.69) is 0 Å². The molecule has 1 aromatic rings. The van der Waals surface area contributed by atoms with Crippen molar-refractivity contribution in [2.75, 3.05) is 13.7 Å². The first kappa shape index (κ1) is 14.1. The summed E-state index contributed by atoms with van der Waals surface area (Å²) in [5.41, 5.74) is 5.97. The number of benzene rings is 1. The van der Waals surface area contributed by atoms with E-state index < -0.39 is 11.9 Å². The molecule has 2 N–H and O–H groups in total. The van der Waals surface area contributed by atoms with E-state index in [1.165, 1.54) is 19.2 Å². The number of ether oxygens (including phenoxy) is 1. The molecule has 0 aliphatic carbocycles. The maximum atomic E-state index is 13.4. The second-order valence-corrected chi connectivity index (χ2v) is 4.20. The molecule has 1 rings (SSSR count). The molecule has 0 radical (unpaired) electrons. The second-order valence-electron chi connectivity index (χ2n) is 3.77. The number of methoxy groups -OCH3 is 1. The average molecular weight is 260 g/mol. The van der Waals surface area contributed by atoms with Gasteiger partial charge in [-0.3, -0.25) is 4.79 Å². The number of halogens is 2. The molecule has 3 nitrogen and oxygen atoms in total. The number of carbonyl (C=O) groups is 1. The van der Waals surface area contributed by atoms with Crippen molar-refractivity contribution in [2.45, 2.75) is 18.9 Å². The molecule has 1 aromatic carbocycles. The molecule has 1 atom stereocenters. The zero-order chi connectivity index (χ0) is 12.8. The lowest BCUT2D eigenvalue weighted by Gasteiger charge is -2.10. The maximum Gasteiger partial charge on any atom is 0.154 e. The highest BCUT2D eigenvalue weighted by molar-refractivity contribution is 6.30. The molecule has 0 amide bonds. The standard InChI is InChI=1S/C12H15ClFNO2/c1-17-5-4-11(15)12(16)6-8-2-3-9(13)7-10(8)14/h2-3,7,11H,4-6,15H2,1H3. The molecule has 5 heteroatoms. The summed E-state index contributed by atoms with van der Waals surface area (Å²) in [5.74, 6) is -0.687. The van der Waals surface area contributed by atoms with Crippen molar-refractivity contribution in [1.29, 1.82) is 0 Å². The minimum Gasteiger partial charge on any atom is -0.385 e. The van der Waals surface area contributed by atoms with Gasteiger partial charge >= 0.3 is 0 Å². The molecule has 0 aliphatic rings. The Hall–Kier alpha value is -0.970. The Morgan fingerprint density at radius 1 is 1.59 bits per heavy atom.